The second-order valence-electron chi connectivity index (χ2n) is 6.25. The second-order valence-corrected chi connectivity index (χ2v) is 7.20. The van der Waals surface area contributed by atoms with Crippen molar-refractivity contribution in [2.75, 3.05) is 11.9 Å². The average Bonchev–Trinajstić information content (AvgIpc) is 3.02. The maximum atomic E-state index is 12.0. The Morgan fingerprint density at radius 3 is 2.92 bits per heavy atom. The van der Waals surface area contributed by atoms with Crippen molar-refractivity contribution in [2.45, 2.75) is 33.7 Å². The quantitative estimate of drug-likeness (QED) is 0.701. The highest BCUT2D eigenvalue weighted by Gasteiger charge is 2.08. The maximum Gasteiger partial charge on any atom is 0.275 e. The van der Waals surface area contributed by atoms with Crippen LogP contribution in [0, 0.1) is 5.92 Å². The van der Waals surface area contributed by atoms with E-state index in [2.05, 4.69) is 29.2 Å². The molecule has 0 unspecified atom stereocenters. The molecule has 0 aliphatic heterocycles. The third-order valence-electron chi connectivity index (χ3n) is 3.59. The maximum absolute atomic E-state index is 12.0. The first-order chi connectivity index (χ1) is 12.0. The Labute approximate surface area is 150 Å². The number of nitrogens with zero attached hydrogens (tertiary/aromatic N) is 3. The molecule has 0 atom stereocenters. The molecule has 0 saturated heterocycles. The fraction of sp³-hybridized carbons (Fsp3) is 0.389. The Balaban J connectivity index is 1.71. The van der Waals surface area contributed by atoms with Gasteiger partial charge in [0, 0.05) is 18.3 Å². The number of rotatable bonds is 7. The Bertz CT molecular complexity index is 917. The zero-order valence-electron chi connectivity index (χ0n) is 14.7. The van der Waals surface area contributed by atoms with Crippen LogP contribution in [-0.2, 0) is 13.0 Å². The molecule has 0 saturated carbocycles. The van der Waals surface area contributed by atoms with Crippen LogP contribution in [0.4, 0.5) is 5.13 Å². The fourth-order valence-corrected chi connectivity index (χ4v) is 3.11. The summed E-state index contributed by atoms with van der Waals surface area (Å²) in [4.78, 5) is 17.1. The van der Waals surface area contributed by atoms with E-state index in [4.69, 9.17) is 4.74 Å². The van der Waals surface area contributed by atoms with Gasteiger partial charge in [-0.2, -0.15) is 4.52 Å². The minimum atomic E-state index is -0.143. The standard InChI is InChI=1S/C18H22N4O2S/c1-4-14-9-16(23)22-18(20-14)25-17(21-22)19-10-13-6-5-7-15(8-13)24-11-12(2)3/h5-9,12H,4,10-11H2,1-3H3,(H,19,21). The molecule has 132 valence electrons. The lowest BCUT2D eigenvalue weighted by atomic mass is 10.2. The minimum absolute atomic E-state index is 0.143. The molecule has 0 bridgehead atoms. The molecule has 0 fully saturated rings. The summed E-state index contributed by atoms with van der Waals surface area (Å²) in [6.45, 7) is 7.53. The SMILES string of the molecule is CCc1cc(=O)n2nc(NCc3cccc(OCC(C)C)c3)sc2n1. The number of fused-ring (bicyclic) bond motifs is 1. The molecule has 3 aromatic rings. The first-order valence-corrected chi connectivity index (χ1v) is 9.22. The Morgan fingerprint density at radius 2 is 2.16 bits per heavy atom. The molecule has 0 aliphatic carbocycles. The molecule has 2 aromatic heterocycles. The summed E-state index contributed by atoms with van der Waals surface area (Å²) in [5, 5.41) is 8.23. The summed E-state index contributed by atoms with van der Waals surface area (Å²) < 4.78 is 7.09. The molecule has 2 heterocycles. The number of nitrogens with one attached hydrogen (secondary N) is 1. The third kappa shape index (κ3) is 4.36. The van der Waals surface area contributed by atoms with Gasteiger partial charge in [0.2, 0.25) is 10.1 Å². The molecule has 0 spiro atoms. The van der Waals surface area contributed by atoms with E-state index in [1.165, 1.54) is 21.9 Å². The highest BCUT2D eigenvalue weighted by atomic mass is 32.1. The predicted octanol–water partition coefficient (Wildman–Crippen LogP) is 3.36. The summed E-state index contributed by atoms with van der Waals surface area (Å²) in [6.07, 6.45) is 0.732. The van der Waals surface area contributed by atoms with Gasteiger partial charge in [-0.15, -0.1) is 5.10 Å². The number of ether oxygens (including phenoxy) is 1. The fourth-order valence-electron chi connectivity index (χ4n) is 2.29. The van der Waals surface area contributed by atoms with Crippen LogP contribution < -0.4 is 15.6 Å². The Kier molecular flexibility index (Phi) is 5.33. The van der Waals surface area contributed by atoms with Crippen molar-refractivity contribution >= 4 is 21.4 Å². The molecule has 0 amide bonds. The van der Waals surface area contributed by atoms with E-state index in [0.717, 1.165) is 23.4 Å². The van der Waals surface area contributed by atoms with Gasteiger partial charge in [-0.05, 0) is 30.0 Å². The van der Waals surface area contributed by atoms with Gasteiger partial charge in [0.25, 0.3) is 5.56 Å². The van der Waals surface area contributed by atoms with Crippen molar-refractivity contribution in [1.82, 2.24) is 14.6 Å². The summed E-state index contributed by atoms with van der Waals surface area (Å²) in [7, 11) is 0. The largest absolute Gasteiger partial charge is 0.493 e. The second kappa shape index (κ2) is 7.65. The lowest BCUT2D eigenvalue weighted by molar-refractivity contribution is 0.271. The van der Waals surface area contributed by atoms with E-state index in [0.29, 0.717) is 29.2 Å². The zero-order valence-corrected chi connectivity index (χ0v) is 15.5. The van der Waals surface area contributed by atoms with Gasteiger partial charge in [0.15, 0.2) is 0 Å². The minimum Gasteiger partial charge on any atom is -0.493 e. The number of hydrogen-bond acceptors (Lipinski definition) is 6. The highest BCUT2D eigenvalue weighted by Crippen LogP contribution is 2.19. The molecule has 1 N–H and O–H groups in total. The number of hydrogen-bond donors (Lipinski definition) is 1. The Morgan fingerprint density at radius 1 is 1.32 bits per heavy atom. The van der Waals surface area contributed by atoms with E-state index >= 15 is 0 Å². The Hall–Kier alpha value is -2.41. The lowest BCUT2D eigenvalue weighted by Gasteiger charge is -2.10. The van der Waals surface area contributed by atoms with Crippen LogP contribution >= 0.6 is 11.3 Å². The summed E-state index contributed by atoms with van der Waals surface area (Å²) in [5.41, 5.74) is 1.74. The van der Waals surface area contributed by atoms with Crippen molar-refractivity contribution in [3.8, 4) is 5.75 Å². The normalized spacial score (nSPS) is 11.2. The molecule has 1 aromatic carbocycles. The molecular weight excluding hydrogens is 336 g/mol. The molecule has 7 heteroatoms. The van der Waals surface area contributed by atoms with Crippen LogP contribution in [0.2, 0.25) is 0 Å². The van der Waals surface area contributed by atoms with Gasteiger partial charge in [-0.3, -0.25) is 4.79 Å². The van der Waals surface area contributed by atoms with Crippen molar-refractivity contribution in [2.24, 2.45) is 5.92 Å². The van der Waals surface area contributed by atoms with Crippen molar-refractivity contribution in [1.29, 1.82) is 0 Å². The number of benzene rings is 1. The van der Waals surface area contributed by atoms with Crippen LogP contribution in [0.5, 0.6) is 5.75 Å². The van der Waals surface area contributed by atoms with Gasteiger partial charge < -0.3 is 10.1 Å². The molecule has 6 nitrogen and oxygen atoms in total. The van der Waals surface area contributed by atoms with Crippen LogP contribution in [-0.4, -0.2) is 21.2 Å². The van der Waals surface area contributed by atoms with Crippen LogP contribution in [0.1, 0.15) is 32.0 Å². The van der Waals surface area contributed by atoms with E-state index in [1.807, 2.05) is 31.2 Å². The third-order valence-corrected chi connectivity index (χ3v) is 4.45. The van der Waals surface area contributed by atoms with Gasteiger partial charge in [0.1, 0.15) is 5.75 Å². The molecule has 25 heavy (non-hydrogen) atoms. The van der Waals surface area contributed by atoms with Crippen molar-refractivity contribution < 1.29 is 4.74 Å². The van der Waals surface area contributed by atoms with Gasteiger partial charge in [-0.1, -0.05) is 44.2 Å². The summed E-state index contributed by atoms with van der Waals surface area (Å²) >= 11 is 1.38. The lowest BCUT2D eigenvalue weighted by Crippen LogP contribution is -2.15. The van der Waals surface area contributed by atoms with Gasteiger partial charge in [0.05, 0.1) is 6.61 Å². The van der Waals surface area contributed by atoms with E-state index in [9.17, 15) is 4.79 Å². The topological polar surface area (TPSA) is 68.5 Å². The van der Waals surface area contributed by atoms with Gasteiger partial charge in [-0.25, -0.2) is 4.98 Å². The smallest absolute Gasteiger partial charge is 0.275 e. The predicted molar refractivity (Wildman–Crippen MR) is 101 cm³/mol. The van der Waals surface area contributed by atoms with E-state index in [-0.39, 0.29) is 5.56 Å². The first kappa shape index (κ1) is 17.4. The molecule has 0 aliphatic rings. The zero-order chi connectivity index (χ0) is 17.8. The number of aromatic nitrogens is 3. The van der Waals surface area contributed by atoms with Gasteiger partial charge >= 0.3 is 0 Å². The monoisotopic (exact) mass is 358 g/mol. The van der Waals surface area contributed by atoms with E-state index < -0.39 is 0 Å². The summed E-state index contributed by atoms with van der Waals surface area (Å²) in [5.74, 6) is 1.35. The molecular formula is C18H22N4O2S. The highest BCUT2D eigenvalue weighted by molar-refractivity contribution is 7.20. The number of anilines is 1. The van der Waals surface area contributed by atoms with E-state index in [1.54, 1.807) is 0 Å². The molecule has 3 rings (SSSR count). The van der Waals surface area contributed by atoms with Crippen LogP contribution in [0.15, 0.2) is 35.1 Å². The summed E-state index contributed by atoms with van der Waals surface area (Å²) in [6, 6.07) is 9.51. The van der Waals surface area contributed by atoms with Crippen LogP contribution in [0.3, 0.4) is 0 Å². The number of aryl methyl sites for hydroxylation is 1. The average molecular weight is 358 g/mol. The van der Waals surface area contributed by atoms with Crippen LogP contribution in [0.25, 0.3) is 4.96 Å². The van der Waals surface area contributed by atoms with Crippen molar-refractivity contribution in [3.05, 3.63) is 51.9 Å². The first-order valence-electron chi connectivity index (χ1n) is 8.40. The molecule has 0 radical (unpaired) electrons. The van der Waals surface area contributed by atoms with Crippen molar-refractivity contribution in [3.63, 3.8) is 0 Å².